The highest BCUT2D eigenvalue weighted by Gasteiger charge is 2.22. The van der Waals surface area contributed by atoms with Crippen LogP contribution in [0.25, 0.3) is 21.9 Å². The molecule has 0 aliphatic carbocycles. The van der Waals surface area contributed by atoms with Gasteiger partial charge < -0.3 is 18.8 Å². The van der Waals surface area contributed by atoms with Crippen molar-refractivity contribution in [2.24, 2.45) is 0 Å². The number of carboxylic acid groups (broad SMARTS) is 1. The van der Waals surface area contributed by atoms with E-state index in [-0.39, 0.29) is 32.9 Å². The Morgan fingerprint density at radius 3 is 2.63 bits per heavy atom. The summed E-state index contributed by atoms with van der Waals surface area (Å²) in [5.41, 5.74) is 0.147. The molecule has 0 bridgehead atoms. The summed E-state index contributed by atoms with van der Waals surface area (Å²) in [6.45, 7) is 4.36. The number of rotatable bonds is 7. The summed E-state index contributed by atoms with van der Waals surface area (Å²) < 4.78 is 24.2. The minimum absolute atomic E-state index is 0.00215. The van der Waals surface area contributed by atoms with Gasteiger partial charge in [0.1, 0.15) is 17.1 Å². The van der Waals surface area contributed by atoms with Crippen LogP contribution in [0.1, 0.15) is 37.0 Å². The second-order valence-electron chi connectivity index (χ2n) is 6.14. The van der Waals surface area contributed by atoms with E-state index in [1.54, 1.807) is 12.1 Å². The second-order valence-corrected chi connectivity index (χ2v) is 7.68. The van der Waals surface area contributed by atoms with Crippen molar-refractivity contribution in [2.75, 3.05) is 12.4 Å². The molecule has 142 valence electrons. The van der Waals surface area contributed by atoms with Gasteiger partial charge in [0.15, 0.2) is 10.5 Å². The zero-order valence-electron chi connectivity index (χ0n) is 15.1. The lowest BCUT2D eigenvalue weighted by atomic mass is 10.1. The summed E-state index contributed by atoms with van der Waals surface area (Å²) in [6, 6.07) is 7.35. The minimum atomic E-state index is -1.34. The zero-order valence-corrected chi connectivity index (χ0v) is 15.9. The number of carboxylic acids is 1. The standard InChI is InChI=1S/C20H20O6S/c1-3-7-25-13-10-15-18(21)14-9-12(20(22)23)5-6-16(14)26-19(15)17(11-13)27(24)8-4-2/h5-6,9-11H,3-4,7-8H2,1-2H3,(H,22,23). The van der Waals surface area contributed by atoms with Crippen LogP contribution in [0.4, 0.5) is 0 Å². The highest BCUT2D eigenvalue weighted by Crippen LogP contribution is 2.31. The van der Waals surface area contributed by atoms with Crippen LogP contribution < -0.4 is 10.2 Å². The highest BCUT2D eigenvalue weighted by molar-refractivity contribution is 7.91. The molecular formula is C20H20O6S. The van der Waals surface area contributed by atoms with Gasteiger partial charge in [0, 0.05) is 6.07 Å². The fourth-order valence-electron chi connectivity index (χ4n) is 2.80. The van der Waals surface area contributed by atoms with Crippen LogP contribution in [0.2, 0.25) is 0 Å². The van der Waals surface area contributed by atoms with E-state index in [2.05, 4.69) is 0 Å². The molecule has 0 fully saturated rings. The van der Waals surface area contributed by atoms with Crippen LogP contribution in [-0.2, 0) is 11.2 Å². The number of carbonyl (C=O) groups is 1. The predicted molar refractivity (Wildman–Crippen MR) is 104 cm³/mol. The second kappa shape index (κ2) is 8.02. The van der Waals surface area contributed by atoms with Gasteiger partial charge in [0.2, 0.25) is 5.43 Å². The Labute approximate surface area is 158 Å². The first-order valence-corrected chi connectivity index (χ1v) is 10.1. The molecule has 27 heavy (non-hydrogen) atoms. The van der Waals surface area contributed by atoms with Crippen molar-refractivity contribution in [1.29, 1.82) is 0 Å². The van der Waals surface area contributed by atoms with Crippen molar-refractivity contribution in [3.8, 4) is 5.75 Å². The summed E-state index contributed by atoms with van der Waals surface area (Å²) in [4.78, 5) is 24.6. The smallest absolute Gasteiger partial charge is 0.335 e. The van der Waals surface area contributed by atoms with E-state index in [1.165, 1.54) is 18.2 Å². The third kappa shape index (κ3) is 3.79. The normalized spacial score (nSPS) is 12.4. The summed E-state index contributed by atoms with van der Waals surface area (Å²) in [7, 11) is 0. The molecule has 1 aromatic heterocycles. The van der Waals surface area contributed by atoms with Crippen molar-refractivity contribution in [3.63, 3.8) is 0 Å². The van der Waals surface area contributed by atoms with E-state index < -0.39 is 17.1 Å². The molecule has 1 atom stereocenters. The number of ether oxygens (including phenoxy) is 1. The van der Waals surface area contributed by atoms with Crippen LogP contribution in [0.5, 0.6) is 5.75 Å². The van der Waals surface area contributed by atoms with Gasteiger partial charge in [-0.1, -0.05) is 13.8 Å². The highest BCUT2D eigenvalue weighted by atomic mass is 32.2. The predicted octanol–water partition coefficient (Wildman–Crippen LogP) is 3.95. The maximum Gasteiger partial charge on any atom is 0.335 e. The number of aromatic carboxylic acids is 1. The molecule has 3 rings (SSSR count). The molecule has 0 radical (unpaired) electrons. The Kier molecular flexibility index (Phi) is 5.72. The molecule has 0 saturated heterocycles. The SMILES string of the molecule is CCCOc1cc([S+]([O-])CCC)c2oc3ccc(C(=O)O)cc3c(=O)c2c1. The monoisotopic (exact) mass is 388 g/mol. The zero-order chi connectivity index (χ0) is 19.6. The first-order valence-electron chi connectivity index (χ1n) is 8.75. The van der Waals surface area contributed by atoms with Crippen LogP contribution in [0.3, 0.4) is 0 Å². The van der Waals surface area contributed by atoms with E-state index in [9.17, 15) is 19.2 Å². The molecular weight excluding hydrogens is 368 g/mol. The third-order valence-electron chi connectivity index (χ3n) is 4.06. The molecule has 2 aromatic carbocycles. The molecule has 1 N–H and O–H groups in total. The van der Waals surface area contributed by atoms with Crippen LogP contribution >= 0.6 is 0 Å². The van der Waals surface area contributed by atoms with E-state index in [4.69, 9.17) is 9.15 Å². The van der Waals surface area contributed by atoms with Crippen molar-refractivity contribution in [3.05, 3.63) is 46.1 Å². The fourth-order valence-corrected chi connectivity index (χ4v) is 4.00. The Bertz CT molecular complexity index is 1060. The first-order chi connectivity index (χ1) is 13.0. The lowest BCUT2D eigenvalue weighted by Crippen LogP contribution is -2.11. The minimum Gasteiger partial charge on any atom is -0.611 e. The first kappa shape index (κ1) is 19.3. The van der Waals surface area contributed by atoms with Gasteiger partial charge in [0.25, 0.3) is 0 Å². The van der Waals surface area contributed by atoms with Crippen molar-refractivity contribution in [2.45, 2.75) is 31.6 Å². The molecule has 1 heterocycles. The van der Waals surface area contributed by atoms with Gasteiger partial charge >= 0.3 is 5.97 Å². The van der Waals surface area contributed by atoms with E-state index in [1.807, 2.05) is 13.8 Å². The maximum atomic E-state index is 13.0. The van der Waals surface area contributed by atoms with Crippen molar-refractivity contribution < 1.29 is 23.6 Å². The van der Waals surface area contributed by atoms with Gasteiger partial charge in [0.05, 0.1) is 22.9 Å². The van der Waals surface area contributed by atoms with Crippen molar-refractivity contribution in [1.82, 2.24) is 0 Å². The average Bonchev–Trinajstić information content (AvgIpc) is 2.66. The lowest BCUT2D eigenvalue weighted by molar-refractivity contribution is 0.0697. The van der Waals surface area contributed by atoms with E-state index >= 15 is 0 Å². The van der Waals surface area contributed by atoms with Crippen LogP contribution in [0.15, 0.2) is 44.4 Å². The topological polar surface area (TPSA) is 99.8 Å². The Morgan fingerprint density at radius 1 is 1.19 bits per heavy atom. The fraction of sp³-hybridized carbons (Fsp3) is 0.300. The van der Waals surface area contributed by atoms with E-state index in [0.29, 0.717) is 29.4 Å². The molecule has 0 spiro atoms. The third-order valence-corrected chi connectivity index (χ3v) is 5.64. The molecule has 0 saturated carbocycles. The van der Waals surface area contributed by atoms with Gasteiger partial charge in [-0.15, -0.1) is 0 Å². The van der Waals surface area contributed by atoms with Gasteiger partial charge in [-0.25, -0.2) is 4.79 Å². The molecule has 3 aromatic rings. The molecule has 7 heteroatoms. The molecule has 0 amide bonds. The van der Waals surface area contributed by atoms with Crippen LogP contribution in [0, 0.1) is 0 Å². The Morgan fingerprint density at radius 2 is 1.96 bits per heavy atom. The molecule has 6 nitrogen and oxygen atoms in total. The lowest BCUT2D eigenvalue weighted by Gasteiger charge is -2.14. The number of fused-ring (bicyclic) bond motifs is 2. The summed E-state index contributed by atoms with van der Waals surface area (Å²) in [5.74, 6) is -0.238. The Balaban J connectivity index is 2.32. The maximum absolute atomic E-state index is 13.0. The van der Waals surface area contributed by atoms with Crippen LogP contribution in [-0.4, -0.2) is 28.0 Å². The number of benzene rings is 2. The van der Waals surface area contributed by atoms with Gasteiger partial charge in [-0.05, 0) is 48.3 Å². The summed E-state index contributed by atoms with van der Waals surface area (Å²) in [5, 5.41) is 9.58. The molecule has 1 unspecified atom stereocenters. The Hall–Kier alpha value is -2.51. The average molecular weight is 388 g/mol. The number of hydrogen-bond acceptors (Lipinski definition) is 5. The summed E-state index contributed by atoms with van der Waals surface area (Å²) >= 11 is -1.34. The number of hydrogen-bond donors (Lipinski definition) is 1. The largest absolute Gasteiger partial charge is 0.611 e. The van der Waals surface area contributed by atoms with Gasteiger partial charge in [-0.3, -0.25) is 4.79 Å². The quantitative estimate of drug-likeness (QED) is 0.486. The molecule has 0 aliphatic heterocycles. The van der Waals surface area contributed by atoms with Crippen molar-refractivity contribution >= 4 is 39.1 Å². The summed E-state index contributed by atoms with van der Waals surface area (Å²) in [6.07, 6.45) is 1.51. The van der Waals surface area contributed by atoms with E-state index in [0.717, 1.165) is 6.42 Å². The van der Waals surface area contributed by atoms with Gasteiger partial charge in [-0.2, -0.15) is 0 Å². The molecule has 0 aliphatic rings.